The van der Waals surface area contributed by atoms with Gasteiger partial charge >= 0.3 is 0 Å². The molecule has 0 radical (unpaired) electrons. The lowest BCUT2D eigenvalue weighted by Crippen LogP contribution is -2.41. The summed E-state index contributed by atoms with van der Waals surface area (Å²) in [6.07, 6.45) is 47.7. The monoisotopic (exact) mass is 818 g/mol. The molecule has 3 N–H and O–H groups in total. The van der Waals surface area contributed by atoms with Crippen LogP contribution in [0.4, 0.5) is 5.69 Å². The number of unbranched alkanes of at least 4 members (excludes halogenated alkanes) is 34. The molecule has 0 saturated heterocycles. The first-order chi connectivity index (χ1) is 28.6. The molecular weight excluding hydrogens is 719 g/mol. The molecule has 0 fully saturated rings. The lowest BCUT2D eigenvalue weighted by Gasteiger charge is -2.29. The number of anilines is 1. The van der Waals surface area contributed by atoms with Crippen LogP contribution >= 0.6 is 0 Å². The van der Waals surface area contributed by atoms with Gasteiger partial charge in [-0.2, -0.15) is 0 Å². The van der Waals surface area contributed by atoms with Crippen molar-refractivity contribution in [1.82, 2.24) is 0 Å². The average molecular weight is 818 g/mol. The maximum atomic E-state index is 10.8. The number of aliphatic hydroxyl groups is 2. The van der Waals surface area contributed by atoms with Gasteiger partial charge in [0.1, 0.15) is 5.75 Å². The highest BCUT2D eigenvalue weighted by Gasteiger charge is 2.17. The van der Waals surface area contributed by atoms with Gasteiger partial charge in [-0.3, -0.25) is 0 Å². The van der Waals surface area contributed by atoms with Crippen molar-refractivity contribution in [3.63, 3.8) is 0 Å². The van der Waals surface area contributed by atoms with Crippen LogP contribution in [0.25, 0.3) is 0 Å². The molecular formula is C52H99NO5. The molecule has 1 rings (SSSR count). The summed E-state index contributed by atoms with van der Waals surface area (Å²) in [5, 5.41) is 31.5. The molecule has 6 nitrogen and oxygen atoms in total. The predicted octanol–water partition coefficient (Wildman–Crippen LogP) is 15.0. The van der Waals surface area contributed by atoms with E-state index in [2.05, 4.69) is 13.8 Å². The zero-order valence-electron chi connectivity index (χ0n) is 38.8. The van der Waals surface area contributed by atoms with Crippen LogP contribution in [0.15, 0.2) is 24.3 Å². The van der Waals surface area contributed by atoms with Crippen molar-refractivity contribution < 1.29 is 24.8 Å². The summed E-state index contributed by atoms with van der Waals surface area (Å²) in [7, 11) is 0. The summed E-state index contributed by atoms with van der Waals surface area (Å²) in [5.41, 5.74) is 0.850. The summed E-state index contributed by atoms with van der Waals surface area (Å²) >= 11 is 0. The molecule has 2 atom stereocenters. The molecule has 342 valence electrons. The van der Waals surface area contributed by atoms with Crippen LogP contribution < -0.4 is 4.90 Å². The van der Waals surface area contributed by atoms with E-state index in [4.69, 9.17) is 9.47 Å². The number of ether oxygens (including phenoxy) is 2. The molecule has 2 unspecified atom stereocenters. The number of hydrogen-bond acceptors (Lipinski definition) is 6. The number of aromatic hydroxyl groups is 1. The number of phenolic OH excluding ortho intramolecular Hbond substituents is 1. The van der Waals surface area contributed by atoms with Crippen LogP contribution in [0, 0.1) is 0 Å². The van der Waals surface area contributed by atoms with E-state index in [0.29, 0.717) is 26.3 Å². The van der Waals surface area contributed by atoms with Crippen LogP contribution in [-0.2, 0) is 9.47 Å². The zero-order valence-corrected chi connectivity index (χ0v) is 38.8. The van der Waals surface area contributed by atoms with Crippen LogP contribution in [-0.4, -0.2) is 67.0 Å². The number of aliphatic hydroxyl groups excluding tert-OH is 2. The van der Waals surface area contributed by atoms with Crippen LogP contribution in [0.1, 0.15) is 245 Å². The van der Waals surface area contributed by atoms with Gasteiger partial charge in [0.2, 0.25) is 0 Å². The van der Waals surface area contributed by atoms with Crippen LogP contribution in [0.5, 0.6) is 5.75 Å². The lowest BCUT2D eigenvalue weighted by atomic mass is 10.0. The topological polar surface area (TPSA) is 82.4 Å². The summed E-state index contributed by atoms with van der Waals surface area (Å²) in [4.78, 5) is 1.97. The van der Waals surface area contributed by atoms with Gasteiger partial charge in [0, 0.05) is 32.0 Å². The molecule has 0 saturated carbocycles. The number of benzene rings is 1. The molecule has 0 bridgehead atoms. The van der Waals surface area contributed by atoms with Crippen LogP contribution in [0.3, 0.4) is 0 Å². The Morgan fingerprint density at radius 3 is 0.879 bits per heavy atom. The predicted molar refractivity (Wildman–Crippen MR) is 252 cm³/mol. The minimum atomic E-state index is -0.669. The van der Waals surface area contributed by atoms with E-state index in [1.807, 2.05) is 17.0 Å². The van der Waals surface area contributed by atoms with Crippen molar-refractivity contribution in [3.8, 4) is 5.75 Å². The molecule has 58 heavy (non-hydrogen) atoms. The maximum Gasteiger partial charge on any atom is 0.115 e. The Morgan fingerprint density at radius 1 is 0.379 bits per heavy atom. The largest absolute Gasteiger partial charge is 0.508 e. The highest BCUT2D eigenvalue weighted by molar-refractivity contribution is 5.49. The number of rotatable bonds is 47. The second kappa shape index (κ2) is 43.7. The molecule has 0 aromatic heterocycles. The molecule has 0 aliphatic rings. The second-order valence-corrected chi connectivity index (χ2v) is 17.9. The van der Waals surface area contributed by atoms with E-state index in [1.165, 1.54) is 218 Å². The first kappa shape index (κ1) is 54.7. The summed E-state index contributed by atoms with van der Waals surface area (Å²) in [5.74, 6) is 0.199. The highest BCUT2D eigenvalue weighted by atomic mass is 16.5. The van der Waals surface area contributed by atoms with Gasteiger partial charge in [-0.15, -0.1) is 0 Å². The van der Waals surface area contributed by atoms with Crippen molar-refractivity contribution in [2.75, 3.05) is 44.4 Å². The van der Waals surface area contributed by atoms with Crippen molar-refractivity contribution in [1.29, 1.82) is 0 Å². The summed E-state index contributed by atoms with van der Waals surface area (Å²) in [6, 6.07) is 6.94. The van der Waals surface area contributed by atoms with Gasteiger partial charge in [-0.25, -0.2) is 0 Å². The van der Waals surface area contributed by atoms with Crippen molar-refractivity contribution >= 4 is 5.69 Å². The zero-order chi connectivity index (χ0) is 41.8. The molecule has 0 spiro atoms. The van der Waals surface area contributed by atoms with E-state index in [1.54, 1.807) is 12.1 Å². The Labute approximate surface area is 361 Å². The van der Waals surface area contributed by atoms with Gasteiger partial charge in [0.25, 0.3) is 0 Å². The summed E-state index contributed by atoms with van der Waals surface area (Å²) < 4.78 is 11.7. The molecule has 0 amide bonds. The Balaban J connectivity index is 2.02. The number of phenols is 1. The molecule has 0 aliphatic heterocycles. The smallest absolute Gasteiger partial charge is 0.115 e. The number of nitrogens with zero attached hydrogens (tertiary/aromatic N) is 1. The fourth-order valence-corrected chi connectivity index (χ4v) is 8.21. The van der Waals surface area contributed by atoms with E-state index < -0.39 is 12.2 Å². The maximum absolute atomic E-state index is 10.8. The van der Waals surface area contributed by atoms with Crippen molar-refractivity contribution in [2.24, 2.45) is 0 Å². The Bertz CT molecular complexity index is 877. The fourth-order valence-electron chi connectivity index (χ4n) is 8.21. The molecule has 0 aliphatic carbocycles. The average Bonchev–Trinajstić information content (AvgIpc) is 3.22. The van der Waals surface area contributed by atoms with Crippen molar-refractivity contribution in [2.45, 2.75) is 257 Å². The van der Waals surface area contributed by atoms with Gasteiger partial charge in [-0.05, 0) is 37.1 Å². The number of hydrogen-bond donors (Lipinski definition) is 3. The Morgan fingerprint density at radius 2 is 0.621 bits per heavy atom. The SMILES string of the molecule is CCCCCCCCCCCCCCCCCCCCOCC(O)CN(CC(O)COCCCCCCCCCCCCCCCCCCCC)c1ccc(O)cc1. The third kappa shape index (κ3) is 37.6. The first-order valence-corrected chi connectivity index (χ1v) is 25.6. The Kier molecular flexibility index (Phi) is 41.2. The Hall–Kier alpha value is -1.34. The third-order valence-electron chi connectivity index (χ3n) is 12.0. The van der Waals surface area contributed by atoms with E-state index in [9.17, 15) is 15.3 Å². The van der Waals surface area contributed by atoms with Gasteiger partial charge < -0.3 is 29.7 Å². The fraction of sp³-hybridized carbons (Fsp3) is 0.885. The molecule has 0 heterocycles. The normalized spacial score (nSPS) is 12.7. The van der Waals surface area contributed by atoms with Crippen LogP contribution in [0.2, 0.25) is 0 Å². The van der Waals surface area contributed by atoms with Gasteiger partial charge in [0.15, 0.2) is 0 Å². The summed E-state index contributed by atoms with van der Waals surface area (Å²) in [6.45, 7) is 7.17. The minimum Gasteiger partial charge on any atom is -0.508 e. The second-order valence-electron chi connectivity index (χ2n) is 17.9. The van der Waals surface area contributed by atoms with E-state index >= 15 is 0 Å². The van der Waals surface area contributed by atoms with Gasteiger partial charge in [-0.1, -0.05) is 232 Å². The highest BCUT2D eigenvalue weighted by Crippen LogP contribution is 2.20. The quantitative estimate of drug-likeness (QED) is 0.0568. The molecule has 6 heteroatoms. The van der Waals surface area contributed by atoms with E-state index in [-0.39, 0.29) is 19.0 Å². The minimum absolute atomic E-state index is 0.199. The first-order valence-electron chi connectivity index (χ1n) is 25.6. The lowest BCUT2D eigenvalue weighted by molar-refractivity contribution is 0.0284. The third-order valence-corrected chi connectivity index (χ3v) is 12.0. The van der Waals surface area contributed by atoms with E-state index in [0.717, 1.165) is 18.5 Å². The van der Waals surface area contributed by atoms with Crippen molar-refractivity contribution in [3.05, 3.63) is 24.3 Å². The van der Waals surface area contributed by atoms with Gasteiger partial charge in [0.05, 0.1) is 25.4 Å². The molecule has 1 aromatic rings. The molecule has 1 aromatic carbocycles. The standard InChI is InChI=1S/C52H99NO5/c1-3-5-7-9-11-13-15-17-19-21-23-25-27-29-31-33-35-37-43-57-47-51(55)45-53(49-39-41-50(54)42-40-49)46-52(56)48-58-44-38-36-34-32-30-28-26-24-22-20-18-16-14-12-10-8-6-4-2/h39-42,51-52,54-56H,3-38,43-48H2,1-2H3.